The molecule has 5 nitrogen and oxygen atoms in total. The van der Waals surface area contributed by atoms with E-state index in [0.29, 0.717) is 18.2 Å². The Hall–Kier alpha value is -1.46. The van der Waals surface area contributed by atoms with Crippen LogP contribution in [0.4, 0.5) is 0 Å². The zero-order valence-electron chi connectivity index (χ0n) is 10.7. The molecule has 1 aliphatic rings. The predicted octanol–water partition coefficient (Wildman–Crippen LogP) is 1.14. The summed E-state index contributed by atoms with van der Waals surface area (Å²) in [5.41, 5.74) is 1.38. The molecule has 2 unspecified atom stereocenters. The van der Waals surface area contributed by atoms with Crippen LogP contribution in [0.25, 0.3) is 0 Å². The zero-order chi connectivity index (χ0) is 13.0. The van der Waals surface area contributed by atoms with Gasteiger partial charge < -0.3 is 14.8 Å². The van der Waals surface area contributed by atoms with Crippen LogP contribution in [-0.4, -0.2) is 36.8 Å². The Morgan fingerprint density at radius 2 is 2.44 bits per heavy atom. The summed E-state index contributed by atoms with van der Waals surface area (Å²) in [6.07, 6.45) is 2.82. The standard InChI is InChI=1S/C13H18N2O3/c1-9-12(5-6-18-9)15-8-11-4-3-10(7-14-11)13(16)17-2/h3-4,7,9,12,15H,5-6,8H2,1-2H3. The second-order valence-electron chi connectivity index (χ2n) is 4.38. The van der Waals surface area contributed by atoms with E-state index in [9.17, 15) is 4.79 Å². The Morgan fingerprint density at radius 3 is 3.00 bits per heavy atom. The molecule has 0 aliphatic carbocycles. The molecule has 0 bridgehead atoms. The Kier molecular flexibility index (Phi) is 4.28. The van der Waals surface area contributed by atoms with E-state index in [2.05, 4.69) is 22.0 Å². The summed E-state index contributed by atoms with van der Waals surface area (Å²) in [5.74, 6) is -0.361. The number of nitrogens with zero attached hydrogens (tertiary/aromatic N) is 1. The van der Waals surface area contributed by atoms with Crippen molar-refractivity contribution in [2.45, 2.75) is 32.0 Å². The van der Waals surface area contributed by atoms with Gasteiger partial charge in [0.25, 0.3) is 0 Å². The van der Waals surface area contributed by atoms with E-state index in [1.54, 1.807) is 6.07 Å². The van der Waals surface area contributed by atoms with Gasteiger partial charge in [0.2, 0.25) is 0 Å². The first-order valence-electron chi connectivity index (χ1n) is 6.09. The van der Waals surface area contributed by atoms with Crippen molar-refractivity contribution < 1.29 is 14.3 Å². The van der Waals surface area contributed by atoms with E-state index in [-0.39, 0.29) is 12.1 Å². The van der Waals surface area contributed by atoms with Crippen molar-refractivity contribution in [3.63, 3.8) is 0 Å². The van der Waals surface area contributed by atoms with Gasteiger partial charge in [0.05, 0.1) is 24.5 Å². The quantitative estimate of drug-likeness (QED) is 0.812. The maximum Gasteiger partial charge on any atom is 0.339 e. The molecule has 98 valence electrons. The molecule has 1 N–H and O–H groups in total. The van der Waals surface area contributed by atoms with Crippen LogP contribution in [-0.2, 0) is 16.0 Å². The Balaban J connectivity index is 1.88. The van der Waals surface area contributed by atoms with Gasteiger partial charge >= 0.3 is 5.97 Å². The number of esters is 1. The number of hydrogen-bond acceptors (Lipinski definition) is 5. The molecular formula is C13H18N2O3. The SMILES string of the molecule is COC(=O)c1ccc(CNC2CCOC2C)nc1. The minimum atomic E-state index is -0.361. The molecular weight excluding hydrogens is 232 g/mol. The van der Waals surface area contributed by atoms with Crippen LogP contribution in [0, 0.1) is 0 Å². The van der Waals surface area contributed by atoms with Gasteiger partial charge in [-0.05, 0) is 25.5 Å². The van der Waals surface area contributed by atoms with Gasteiger partial charge in [-0.3, -0.25) is 4.98 Å². The van der Waals surface area contributed by atoms with Crippen molar-refractivity contribution in [2.75, 3.05) is 13.7 Å². The van der Waals surface area contributed by atoms with E-state index in [0.717, 1.165) is 18.7 Å². The average molecular weight is 250 g/mol. The lowest BCUT2D eigenvalue weighted by atomic mass is 10.1. The lowest BCUT2D eigenvalue weighted by molar-refractivity contribution is 0.0600. The summed E-state index contributed by atoms with van der Waals surface area (Å²) in [6, 6.07) is 3.94. The van der Waals surface area contributed by atoms with Crippen molar-refractivity contribution in [2.24, 2.45) is 0 Å². The largest absolute Gasteiger partial charge is 0.465 e. The molecule has 2 rings (SSSR count). The Morgan fingerprint density at radius 1 is 1.61 bits per heavy atom. The molecule has 18 heavy (non-hydrogen) atoms. The van der Waals surface area contributed by atoms with Crippen LogP contribution in [0.3, 0.4) is 0 Å². The van der Waals surface area contributed by atoms with Crippen molar-refractivity contribution >= 4 is 5.97 Å². The van der Waals surface area contributed by atoms with Crippen LogP contribution in [0.15, 0.2) is 18.3 Å². The average Bonchev–Trinajstić information content (AvgIpc) is 2.81. The summed E-state index contributed by atoms with van der Waals surface area (Å²) in [6.45, 7) is 3.56. The first-order chi connectivity index (χ1) is 8.70. The number of nitrogens with one attached hydrogen (secondary N) is 1. The number of carbonyl (C=O) groups excluding carboxylic acids is 1. The number of ether oxygens (including phenoxy) is 2. The smallest absolute Gasteiger partial charge is 0.339 e. The summed E-state index contributed by atoms with van der Waals surface area (Å²) < 4.78 is 10.1. The van der Waals surface area contributed by atoms with Crippen LogP contribution >= 0.6 is 0 Å². The highest BCUT2D eigenvalue weighted by atomic mass is 16.5. The number of aromatic nitrogens is 1. The molecule has 5 heteroatoms. The molecule has 0 aromatic carbocycles. The molecule has 1 aromatic rings. The van der Waals surface area contributed by atoms with Crippen molar-refractivity contribution in [1.82, 2.24) is 10.3 Å². The van der Waals surface area contributed by atoms with E-state index < -0.39 is 0 Å². The molecule has 1 aromatic heterocycles. The number of rotatable bonds is 4. The molecule has 0 spiro atoms. The highest BCUT2D eigenvalue weighted by Crippen LogP contribution is 2.13. The fourth-order valence-corrected chi connectivity index (χ4v) is 2.00. The lowest BCUT2D eigenvalue weighted by Gasteiger charge is -2.15. The summed E-state index contributed by atoms with van der Waals surface area (Å²) in [5, 5.41) is 3.41. The number of pyridine rings is 1. The van der Waals surface area contributed by atoms with Crippen LogP contribution in [0.2, 0.25) is 0 Å². The monoisotopic (exact) mass is 250 g/mol. The summed E-state index contributed by atoms with van der Waals surface area (Å²) in [7, 11) is 1.36. The van der Waals surface area contributed by atoms with Crippen LogP contribution < -0.4 is 5.32 Å². The zero-order valence-corrected chi connectivity index (χ0v) is 10.7. The van der Waals surface area contributed by atoms with Crippen LogP contribution in [0.1, 0.15) is 29.4 Å². The van der Waals surface area contributed by atoms with Gasteiger partial charge in [-0.25, -0.2) is 4.79 Å². The number of hydrogen-bond donors (Lipinski definition) is 1. The fourth-order valence-electron chi connectivity index (χ4n) is 2.00. The second-order valence-corrected chi connectivity index (χ2v) is 4.38. The van der Waals surface area contributed by atoms with Gasteiger partial charge in [-0.15, -0.1) is 0 Å². The van der Waals surface area contributed by atoms with E-state index >= 15 is 0 Å². The topological polar surface area (TPSA) is 60.5 Å². The van der Waals surface area contributed by atoms with E-state index in [1.165, 1.54) is 13.3 Å². The first kappa shape index (κ1) is 13.0. The van der Waals surface area contributed by atoms with Gasteiger partial charge in [0.15, 0.2) is 0 Å². The third-order valence-electron chi connectivity index (χ3n) is 3.17. The molecule has 1 aliphatic heterocycles. The van der Waals surface area contributed by atoms with E-state index in [4.69, 9.17) is 4.74 Å². The number of methoxy groups -OCH3 is 1. The third kappa shape index (κ3) is 3.05. The normalized spacial score (nSPS) is 23.0. The minimum absolute atomic E-state index is 0.249. The van der Waals surface area contributed by atoms with Gasteiger partial charge in [0, 0.05) is 25.4 Å². The highest BCUT2D eigenvalue weighted by Gasteiger charge is 2.23. The third-order valence-corrected chi connectivity index (χ3v) is 3.17. The molecule has 2 atom stereocenters. The van der Waals surface area contributed by atoms with Crippen molar-refractivity contribution in [1.29, 1.82) is 0 Å². The van der Waals surface area contributed by atoms with E-state index in [1.807, 2.05) is 6.07 Å². The van der Waals surface area contributed by atoms with Crippen LogP contribution in [0.5, 0.6) is 0 Å². The van der Waals surface area contributed by atoms with Gasteiger partial charge in [-0.2, -0.15) is 0 Å². The minimum Gasteiger partial charge on any atom is -0.465 e. The summed E-state index contributed by atoms with van der Waals surface area (Å²) >= 11 is 0. The molecule has 0 amide bonds. The highest BCUT2D eigenvalue weighted by molar-refractivity contribution is 5.88. The van der Waals surface area contributed by atoms with Gasteiger partial charge in [-0.1, -0.05) is 0 Å². The maximum absolute atomic E-state index is 11.2. The second kappa shape index (κ2) is 5.93. The molecule has 1 saturated heterocycles. The Bertz CT molecular complexity index is 405. The Labute approximate surface area is 107 Å². The maximum atomic E-state index is 11.2. The summed E-state index contributed by atoms with van der Waals surface area (Å²) in [4.78, 5) is 15.5. The molecule has 2 heterocycles. The van der Waals surface area contributed by atoms with Gasteiger partial charge in [0.1, 0.15) is 0 Å². The predicted molar refractivity (Wildman–Crippen MR) is 66.2 cm³/mol. The first-order valence-corrected chi connectivity index (χ1v) is 6.09. The van der Waals surface area contributed by atoms with Crippen molar-refractivity contribution in [3.8, 4) is 0 Å². The lowest BCUT2D eigenvalue weighted by Crippen LogP contribution is -2.34. The molecule has 0 radical (unpaired) electrons. The molecule has 0 saturated carbocycles. The number of carbonyl (C=O) groups is 1. The fraction of sp³-hybridized carbons (Fsp3) is 0.538. The molecule has 1 fully saturated rings. The van der Waals surface area contributed by atoms with Crippen molar-refractivity contribution in [3.05, 3.63) is 29.6 Å².